The molecule has 0 radical (unpaired) electrons. The summed E-state index contributed by atoms with van der Waals surface area (Å²) in [6.07, 6.45) is 2.96. The highest BCUT2D eigenvalue weighted by Crippen LogP contribution is 2.49. The number of hydrogen-bond acceptors (Lipinski definition) is 15. The number of benzene rings is 2. The third kappa shape index (κ3) is 10.8. The van der Waals surface area contributed by atoms with E-state index in [1.54, 1.807) is 64.1 Å². The van der Waals surface area contributed by atoms with E-state index in [4.69, 9.17) is 37.9 Å². The van der Waals surface area contributed by atoms with Crippen molar-refractivity contribution in [3.05, 3.63) is 89.5 Å². The summed E-state index contributed by atoms with van der Waals surface area (Å²) in [4.78, 5) is 84.7. The van der Waals surface area contributed by atoms with Crippen molar-refractivity contribution in [1.29, 1.82) is 0 Å². The van der Waals surface area contributed by atoms with Crippen molar-refractivity contribution in [3.63, 3.8) is 0 Å². The first-order valence-corrected chi connectivity index (χ1v) is 21.6. The van der Waals surface area contributed by atoms with Gasteiger partial charge in [-0.1, -0.05) is 37.4 Å². The zero-order chi connectivity index (χ0) is 45.1. The molecule has 2 aromatic rings. The summed E-state index contributed by atoms with van der Waals surface area (Å²) in [5, 5.41) is 0. The van der Waals surface area contributed by atoms with Gasteiger partial charge in [0.2, 0.25) is 0 Å². The van der Waals surface area contributed by atoms with Crippen LogP contribution in [0, 0.1) is 35.5 Å². The second-order valence-electron chi connectivity index (χ2n) is 17.8. The Hall–Kier alpha value is -5.99. The fourth-order valence-corrected chi connectivity index (χ4v) is 9.85. The molecular formula is C48H54O15. The van der Waals surface area contributed by atoms with Gasteiger partial charge < -0.3 is 37.9 Å². The van der Waals surface area contributed by atoms with Gasteiger partial charge in [0.25, 0.3) is 0 Å². The van der Waals surface area contributed by atoms with E-state index in [1.807, 2.05) is 0 Å². The Bertz CT molecular complexity index is 2120. The number of ether oxygens (including phenoxy) is 8. The molecule has 0 N–H and O–H groups in total. The van der Waals surface area contributed by atoms with E-state index in [-0.39, 0.29) is 47.3 Å². The molecule has 8 aliphatic rings. The number of esters is 6. The molecule has 4 heterocycles. The van der Waals surface area contributed by atoms with Crippen LogP contribution >= 0.6 is 0 Å². The summed E-state index contributed by atoms with van der Waals surface area (Å²) in [5.41, 5.74) is 2.35. The number of hydrogen-bond donors (Lipinski definition) is 0. The number of rotatable bonds is 12. The van der Waals surface area contributed by atoms with Crippen LogP contribution in [0.25, 0.3) is 0 Å². The maximum Gasteiger partial charge on any atom is 0.514 e. The Morgan fingerprint density at radius 3 is 1.57 bits per heavy atom. The fraction of sp³-hybridized carbons (Fsp3) is 0.521. The molecule has 0 aromatic heterocycles. The normalized spacial score (nSPS) is 29.1. The van der Waals surface area contributed by atoms with Crippen molar-refractivity contribution in [2.45, 2.75) is 116 Å². The minimum absolute atomic E-state index is 0.0723. The lowest BCUT2D eigenvalue weighted by atomic mass is 9.67. The third-order valence-corrected chi connectivity index (χ3v) is 12.9. The van der Waals surface area contributed by atoms with Gasteiger partial charge in [0.15, 0.2) is 6.61 Å². The molecule has 8 bridgehead atoms. The minimum Gasteiger partial charge on any atom is -0.458 e. The quantitative estimate of drug-likeness (QED) is 0.0885. The average molecular weight is 871 g/mol. The number of carbonyl (C=O) groups excluding carboxylic acids is 7. The highest BCUT2D eigenvalue weighted by atomic mass is 16.7. The highest BCUT2D eigenvalue weighted by molar-refractivity contribution is 5.91. The molecule has 4 saturated heterocycles. The first-order chi connectivity index (χ1) is 30.0. The lowest BCUT2D eigenvalue weighted by molar-refractivity contribution is -0.174. The maximum absolute atomic E-state index is 12.4. The fourth-order valence-electron chi connectivity index (χ4n) is 9.85. The van der Waals surface area contributed by atoms with E-state index in [9.17, 15) is 33.6 Å². The van der Waals surface area contributed by atoms with Gasteiger partial charge in [0.1, 0.15) is 42.4 Å². The molecule has 0 amide bonds. The molecule has 4 aliphatic heterocycles. The van der Waals surface area contributed by atoms with E-state index in [0.29, 0.717) is 53.6 Å². The van der Waals surface area contributed by atoms with Gasteiger partial charge in [-0.05, 0) is 126 Å². The summed E-state index contributed by atoms with van der Waals surface area (Å²) in [6.45, 7) is 13.2. The third-order valence-electron chi connectivity index (χ3n) is 12.9. The van der Waals surface area contributed by atoms with Gasteiger partial charge in [-0.3, -0.25) is 9.59 Å². The molecule has 0 spiro atoms. The minimum atomic E-state index is -0.807. The molecule has 15 heteroatoms. The summed E-state index contributed by atoms with van der Waals surface area (Å²) < 4.78 is 43.3. The van der Waals surface area contributed by atoms with Crippen LogP contribution in [0.3, 0.4) is 0 Å². The highest BCUT2D eigenvalue weighted by Gasteiger charge is 2.53. The van der Waals surface area contributed by atoms with Gasteiger partial charge in [0, 0.05) is 23.0 Å². The van der Waals surface area contributed by atoms with Gasteiger partial charge >= 0.3 is 42.0 Å². The molecule has 15 nitrogen and oxygen atoms in total. The van der Waals surface area contributed by atoms with Gasteiger partial charge in [-0.2, -0.15) is 0 Å². The van der Waals surface area contributed by atoms with Crippen LogP contribution in [0.15, 0.2) is 72.8 Å². The van der Waals surface area contributed by atoms with Crippen LogP contribution < -0.4 is 4.74 Å². The molecule has 2 aromatic carbocycles. The Balaban J connectivity index is 0.000000190. The Morgan fingerprint density at radius 2 is 1.10 bits per heavy atom. The Labute approximate surface area is 365 Å². The molecule has 8 fully saturated rings. The van der Waals surface area contributed by atoms with E-state index in [0.717, 1.165) is 37.7 Å². The lowest BCUT2D eigenvalue weighted by Gasteiger charge is -2.41. The molecule has 63 heavy (non-hydrogen) atoms. The topological polar surface area (TPSA) is 193 Å². The number of fused-ring (bicyclic) bond motifs is 2. The molecule has 12 unspecified atom stereocenters. The van der Waals surface area contributed by atoms with Crippen LogP contribution in [-0.2, 0) is 57.1 Å². The predicted octanol–water partition coefficient (Wildman–Crippen LogP) is 7.41. The molecule has 4 saturated carbocycles. The Kier molecular flexibility index (Phi) is 13.7. The van der Waals surface area contributed by atoms with Crippen LogP contribution in [0.1, 0.15) is 113 Å². The van der Waals surface area contributed by atoms with Crippen LogP contribution in [0.2, 0.25) is 0 Å². The summed E-state index contributed by atoms with van der Waals surface area (Å²) >= 11 is 0. The summed E-state index contributed by atoms with van der Waals surface area (Å²) in [7, 11) is 0. The van der Waals surface area contributed by atoms with Crippen molar-refractivity contribution >= 4 is 42.0 Å². The summed E-state index contributed by atoms with van der Waals surface area (Å²) in [5.74, 6) is -1.34. The average Bonchev–Trinajstić information content (AvgIpc) is 3.52. The largest absolute Gasteiger partial charge is 0.514 e. The van der Waals surface area contributed by atoms with Crippen LogP contribution in [-0.4, -0.2) is 73.0 Å². The van der Waals surface area contributed by atoms with Crippen molar-refractivity contribution < 1.29 is 71.5 Å². The first-order valence-electron chi connectivity index (χ1n) is 21.6. The molecule has 4 aliphatic carbocycles. The van der Waals surface area contributed by atoms with Gasteiger partial charge in [0.05, 0.1) is 17.4 Å². The lowest BCUT2D eigenvalue weighted by Crippen LogP contribution is -2.45. The molecule has 12 atom stereocenters. The number of carbonyl (C=O) groups is 7. The molecule has 10 rings (SSSR count). The summed E-state index contributed by atoms with van der Waals surface area (Å²) in [6, 6.07) is 13.0. The first kappa shape index (κ1) is 45.0. The monoisotopic (exact) mass is 870 g/mol. The van der Waals surface area contributed by atoms with Gasteiger partial charge in [-0.25, -0.2) is 24.0 Å². The second kappa shape index (κ2) is 19.2. The molecular weight excluding hydrogens is 817 g/mol. The standard InChI is InChI=1S/C25H28O8.C23H26O7/c1-13(2)23(27)31-14(3)16-4-6-17(7-5-16)24(28)30-12-21(26)33-22-18-8-15-9-19(11-18)25(29)32-20(22)10-15;1-12(2)21(24)27-13(3)15-4-6-18(7-5-15)28-23(26)30-20-16-8-14-9-17(11-16)22(25)29-19(20)10-14/h4-7,14-15,18-20,22H,1,8-12H2,2-3H3;4-7,13-14,16-17,19-20H,1,8-11H2,2-3H3. The van der Waals surface area contributed by atoms with Gasteiger partial charge in [-0.15, -0.1) is 0 Å². The van der Waals surface area contributed by atoms with Crippen LogP contribution in [0.4, 0.5) is 4.79 Å². The Morgan fingerprint density at radius 1 is 0.635 bits per heavy atom. The van der Waals surface area contributed by atoms with E-state index < -0.39 is 67.2 Å². The van der Waals surface area contributed by atoms with Crippen LogP contribution in [0.5, 0.6) is 5.75 Å². The smallest absolute Gasteiger partial charge is 0.458 e. The van der Waals surface area contributed by atoms with E-state index >= 15 is 0 Å². The maximum atomic E-state index is 12.4. The predicted molar refractivity (Wildman–Crippen MR) is 220 cm³/mol. The van der Waals surface area contributed by atoms with E-state index in [2.05, 4.69) is 13.2 Å². The zero-order valence-corrected chi connectivity index (χ0v) is 35.9. The second-order valence-corrected chi connectivity index (χ2v) is 17.8. The van der Waals surface area contributed by atoms with Crippen molar-refractivity contribution in [1.82, 2.24) is 0 Å². The van der Waals surface area contributed by atoms with Crippen molar-refractivity contribution in [2.24, 2.45) is 35.5 Å². The van der Waals surface area contributed by atoms with E-state index in [1.165, 1.54) is 12.1 Å². The SMILES string of the molecule is C=C(C)C(=O)OC(C)c1ccc(C(=O)OCC(=O)OC2C3CC4CC(C3)C(=O)OC2C4)cc1.C=C(C)C(=O)OC(C)c1ccc(OC(=O)OC2C3CC4CC(C3)C(=O)OC2C4)cc1. The molecule has 336 valence electrons. The van der Waals surface area contributed by atoms with Crippen molar-refractivity contribution in [3.8, 4) is 5.75 Å². The zero-order valence-electron chi connectivity index (χ0n) is 35.9. The van der Waals surface area contributed by atoms with Crippen molar-refractivity contribution in [2.75, 3.05) is 6.61 Å².